The zero-order valence-corrected chi connectivity index (χ0v) is 9.16. The van der Waals surface area contributed by atoms with E-state index in [1.165, 1.54) is 6.08 Å². The molecule has 80 valence electrons. The topological polar surface area (TPSA) is 26.3 Å². The lowest BCUT2D eigenvalue weighted by atomic mass is 10.3. The van der Waals surface area contributed by atoms with Crippen LogP contribution in [0.3, 0.4) is 0 Å². The Morgan fingerprint density at radius 2 is 1.93 bits per heavy atom. The van der Waals surface area contributed by atoms with Crippen molar-refractivity contribution in [3.05, 3.63) is 24.3 Å². The second-order valence-electron chi connectivity index (χ2n) is 3.03. The number of rotatable bonds is 7. The molecule has 14 heavy (non-hydrogen) atoms. The van der Waals surface area contributed by atoms with E-state index in [1.54, 1.807) is 0 Å². The smallest absolute Gasteiger partial charge is 0.330 e. The van der Waals surface area contributed by atoms with Crippen molar-refractivity contribution in [2.24, 2.45) is 0 Å². The van der Waals surface area contributed by atoms with E-state index in [2.05, 4.69) is 19.9 Å². The fraction of sp³-hybridized carbons (Fsp3) is 0.583. The predicted octanol–water partition coefficient (Wildman–Crippen LogP) is 3.24. The number of carbonyl (C=O) groups is 1. The first-order valence-corrected chi connectivity index (χ1v) is 5.29. The Kier molecular flexibility index (Phi) is 9.28. The molecule has 0 heterocycles. The maximum absolute atomic E-state index is 11.0. The van der Waals surface area contributed by atoms with E-state index in [4.69, 9.17) is 4.74 Å². The first-order valence-electron chi connectivity index (χ1n) is 5.29. The van der Waals surface area contributed by atoms with Crippen molar-refractivity contribution in [1.82, 2.24) is 0 Å². The van der Waals surface area contributed by atoms with Gasteiger partial charge in [0, 0.05) is 6.08 Å². The van der Waals surface area contributed by atoms with E-state index in [0.29, 0.717) is 6.61 Å². The van der Waals surface area contributed by atoms with Crippen LogP contribution in [0.25, 0.3) is 0 Å². The number of hydrogen-bond donors (Lipinski definition) is 0. The standard InChI is InChI=1S/C12H20O2/c1-3-5-7-9-11-14-12(13)10-8-6-4-2/h5,7-8,10H,3-4,6,9,11H2,1-2H3/b7-5+,10-8-. The van der Waals surface area contributed by atoms with Crippen LogP contribution in [0.5, 0.6) is 0 Å². The summed E-state index contributed by atoms with van der Waals surface area (Å²) in [5, 5.41) is 0. The molecule has 0 spiro atoms. The van der Waals surface area contributed by atoms with Crippen LogP contribution >= 0.6 is 0 Å². The van der Waals surface area contributed by atoms with E-state index in [0.717, 1.165) is 25.7 Å². The molecule has 0 amide bonds. The van der Waals surface area contributed by atoms with Crippen molar-refractivity contribution >= 4 is 5.97 Å². The van der Waals surface area contributed by atoms with Gasteiger partial charge in [0.1, 0.15) is 0 Å². The van der Waals surface area contributed by atoms with Gasteiger partial charge in [-0.2, -0.15) is 0 Å². The van der Waals surface area contributed by atoms with E-state index in [9.17, 15) is 4.79 Å². The van der Waals surface area contributed by atoms with Gasteiger partial charge in [-0.1, -0.05) is 38.5 Å². The summed E-state index contributed by atoms with van der Waals surface area (Å²) < 4.78 is 4.96. The second-order valence-corrected chi connectivity index (χ2v) is 3.03. The Morgan fingerprint density at radius 1 is 1.14 bits per heavy atom. The lowest BCUT2D eigenvalue weighted by molar-refractivity contribution is -0.137. The second kappa shape index (κ2) is 10.0. The van der Waals surface area contributed by atoms with Crippen molar-refractivity contribution in [2.45, 2.75) is 39.5 Å². The van der Waals surface area contributed by atoms with Crippen molar-refractivity contribution in [2.75, 3.05) is 6.61 Å². The molecular weight excluding hydrogens is 176 g/mol. The molecule has 2 heteroatoms. The van der Waals surface area contributed by atoms with Gasteiger partial charge in [0.25, 0.3) is 0 Å². The van der Waals surface area contributed by atoms with Crippen LogP contribution in [0.15, 0.2) is 24.3 Å². The average Bonchev–Trinajstić information content (AvgIpc) is 2.18. The van der Waals surface area contributed by atoms with Gasteiger partial charge >= 0.3 is 5.97 Å². The maximum atomic E-state index is 11.0. The molecule has 2 nitrogen and oxygen atoms in total. The Bertz CT molecular complexity index is 192. The van der Waals surface area contributed by atoms with E-state index >= 15 is 0 Å². The monoisotopic (exact) mass is 196 g/mol. The third-order valence-corrected chi connectivity index (χ3v) is 1.64. The molecule has 0 aliphatic carbocycles. The summed E-state index contributed by atoms with van der Waals surface area (Å²) in [6, 6.07) is 0. The third-order valence-electron chi connectivity index (χ3n) is 1.64. The third kappa shape index (κ3) is 9.04. The van der Waals surface area contributed by atoms with E-state index < -0.39 is 0 Å². The number of ether oxygens (including phenoxy) is 1. The molecule has 0 saturated heterocycles. The zero-order chi connectivity index (χ0) is 10.6. The Balaban J connectivity index is 3.40. The highest BCUT2D eigenvalue weighted by atomic mass is 16.5. The van der Waals surface area contributed by atoms with Crippen LogP contribution in [0.4, 0.5) is 0 Å². The molecule has 0 unspecified atom stereocenters. The summed E-state index contributed by atoms with van der Waals surface area (Å²) in [4.78, 5) is 11.0. The van der Waals surface area contributed by atoms with Crippen molar-refractivity contribution in [1.29, 1.82) is 0 Å². The number of esters is 1. The fourth-order valence-corrected chi connectivity index (χ4v) is 0.906. The van der Waals surface area contributed by atoms with Crippen molar-refractivity contribution in [3.63, 3.8) is 0 Å². The van der Waals surface area contributed by atoms with Gasteiger partial charge in [-0.05, 0) is 19.3 Å². The zero-order valence-electron chi connectivity index (χ0n) is 9.16. The molecular formula is C12H20O2. The van der Waals surface area contributed by atoms with Crippen molar-refractivity contribution in [3.8, 4) is 0 Å². The highest BCUT2D eigenvalue weighted by Gasteiger charge is 1.93. The molecule has 0 aliphatic heterocycles. The van der Waals surface area contributed by atoms with Gasteiger partial charge in [0.05, 0.1) is 6.61 Å². The van der Waals surface area contributed by atoms with Crippen LogP contribution in [0, 0.1) is 0 Å². The van der Waals surface area contributed by atoms with Gasteiger partial charge in [-0.15, -0.1) is 0 Å². The molecule has 0 aromatic rings. The molecule has 0 radical (unpaired) electrons. The molecule has 0 aromatic carbocycles. The van der Waals surface area contributed by atoms with Gasteiger partial charge < -0.3 is 4.74 Å². The van der Waals surface area contributed by atoms with Crippen molar-refractivity contribution < 1.29 is 9.53 Å². The minimum atomic E-state index is -0.233. The fourth-order valence-electron chi connectivity index (χ4n) is 0.906. The molecule has 0 N–H and O–H groups in total. The minimum Gasteiger partial charge on any atom is -0.462 e. The number of hydrogen-bond acceptors (Lipinski definition) is 2. The summed E-state index contributed by atoms with van der Waals surface area (Å²) in [7, 11) is 0. The molecule has 0 aromatic heterocycles. The summed E-state index contributed by atoms with van der Waals surface area (Å²) in [6.45, 7) is 4.63. The summed E-state index contributed by atoms with van der Waals surface area (Å²) in [5.41, 5.74) is 0. The summed E-state index contributed by atoms with van der Waals surface area (Å²) >= 11 is 0. The Labute approximate surface area is 86.6 Å². The van der Waals surface area contributed by atoms with Crippen LogP contribution in [-0.2, 0) is 9.53 Å². The molecule has 0 bridgehead atoms. The molecule has 0 aliphatic rings. The Morgan fingerprint density at radius 3 is 2.57 bits per heavy atom. The minimum absolute atomic E-state index is 0.233. The van der Waals surface area contributed by atoms with Gasteiger partial charge in [-0.25, -0.2) is 4.79 Å². The predicted molar refractivity (Wildman–Crippen MR) is 59.1 cm³/mol. The average molecular weight is 196 g/mol. The van der Waals surface area contributed by atoms with Gasteiger partial charge in [-0.3, -0.25) is 0 Å². The first kappa shape index (κ1) is 12.9. The number of allylic oxidation sites excluding steroid dienone is 2. The lowest BCUT2D eigenvalue weighted by Gasteiger charge is -1.97. The quantitative estimate of drug-likeness (QED) is 0.270. The number of unbranched alkanes of at least 4 members (excludes halogenated alkanes) is 1. The van der Waals surface area contributed by atoms with Crippen LogP contribution in [0.2, 0.25) is 0 Å². The summed E-state index contributed by atoms with van der Waals surface area (Å²) in [5.74, 6) is -0.233. The van der Waals surface area contributed by atoms with Crippen LogP contribution in [0.1, 0.15) is 39.5 Å². The van der Waals surface area contributed by atoms with E-state index in [-0.39, 0.29) is 5.97 Å². The maximum Gasteiger partial charge on any atom is 0.330 e. The Hall–Kier alpha value is -1.05. The lowest BCUT2D eigenvalue weighted by Crippen LogP contribution is -2.01. The molecule has 0 atom stereocenters. The van der Waals surface area contributed by atoms with Gasteiger partial charge in [0.15, 0.2) is 0 Å². The van der Waals surface area contributed by atoms with Crippen LogP contribution in [-0.4, -0.2) is 12.6 Å². The summed E-state index contributed by atoms with van der Waals surface area (Å²) in [6.07, 6.45) is 11.3. The van der Waals surface area contributed by atoms with E-state index in [1.807, 2.05) is 12.2 Å². The molecule has 0 rings (SSSR count). The molecule has 0 saturated carbocycles. The molecule has 0 fully saturated rings. The van der Waals surface area contributed by atoms with Crippen LogP contribution < -0.4 is 0 Å². The first-order chi connectivity index (χ1) is 6.81. The highest BCUT2D eigenvalue weighted by Crippen LogP contribution is 1.92. The SMILES string of the molecule is CC/C=C/CCOC(=O)/C=C\CCC. The largest absolute Gasteiger partial charge is 0.462 e. The van der Waals surface area contributed by atoms with Gasteiger partial charge in [0.2, 0.25) is 0 Å². The highest BCUT2D eigenvalue weighted by molar-refractivity contribution is 5.81. The number of carbonyl (C=O) groups excluding carboxylic acids is 1. The normalized spacial score (nSPS) is 11.3.